The van der Waals surface area contributed by atoms with E-state index < -0.39 is 5.97 Å². The number of halogens is 1. The monoisotopic (exact) mass is 311 g/mol. The number of hydrogen-bond acceptors (Lipinski definition) is 3. The molecule has 1 amide bonds. The van der Waals surface area contributed by atoms with Crippen molar-refractivity contribution in [2.24, 2.45) is 5.92 Å². The molecule has 0 heterocycles. The fourth-order valence-electron chi connectivity index (χ4n) is 2.46. The summed E-state index contributed by atoms with van der Waals surface area (Å²) in [5.41, 5.74) is 0. The van der Waals surface area contributed by atoms with Crippen molar-refractivity contribution in [3.05, 3.63) is 29.3 Å². The first-order chi connectivity index (χ1) is 10.0. The van der Waals surface area contributed by atoms with Crippen molar-refractivity contribution in [3.63, 3.8) is 0 Å². The topological polar surface area (TPSA) is 75.6 Å². The van der Waals surface area contributed by atoms with Crippen LogP contribution in [0.3, 0.4) is 0 Å². The molecule has 1 aromatic carbocycles. The summed E-state index contributed by atoms with van der Waals surface area (Å²) in [4.78, 5) is 22.7. The Bertz CT molecular complexity index is 512. The summed E-state index contributed by atoms with van der Waals surface area (Å²) in [6, 6.07) is 6.90. The number of carboxylic acid groups (broad SMARTS) is 1. The first-order valence-corrected chi connectivity index (χ1v) is 7.33. The van der Waals surface area contributed by atoms with E-state index in [2.05, 4.69) is 5.32 Å². The second-order valence-corrected chi connectivity index (χ2v) is 5.64. The van der Waals surface area contributed by atoms with Crippen molar-refractivity contribution in [1.29, 1.82) is 0 Å². The van der Waals surface area contributed by atoms with Gasteiger partial charge in [-0.1, -0.05) is 17.7 Å². The SMILES string of the molecule is O=C(COc1cccc(Cl)c1)NC1CCC(C(=O)O)CC1. The zero-order chi connectivity index (χ0) is 15.2. The maximum Gasteiger partial charge on any atom is 0.306 e. The van der Waals surface area contributed by atoms with Gasteiger partial charge in [-0.2, -0.15) is 0 Å². The van der Waals surface area contributed by atoms with Crippen molar-refractivity contribution in [1.82, 2.24) is 5.32 Å². The van der Waals surface area contributed by atoms with Gasteiger partial charge < -0.3 is 15.2 Å². The van der Waals surface area contributed by atoms with Crippen LogP contribution in [-0.2, 0) is 9.59 Å². The molecule has 0 atom stereocenters. The molecule has 1 aliphatic carbocycles. The van der Waals surface area contributed by atoms with Crippen molar-refractivity contribution in [2.45, 2.75) is 31.7 Å². The van der Waals surface area contributed by atoms with E-state index in [1.165, 1.54) is 0 Å². The lowest BCUT2D eigenvalue weighted by Gasteiger charge is -2.26. The Hall–Kier alpha value is -1.75. The Kier molecular flexibility index (Phi) is 5.44. The number of nitrogens with one attached hydrogen (secondary N) is 1. The van der Waals surface area contributed by atoms with Crippen LogP contribution in [0.15, 0.2) is 24.3 Å². The quantitative estimate of drug-likeness (QED) is 0.876. The fourth-order valence-corrected chi connectivity index (χ4v) is 2.64. The van der Waals surface area contributed by atoms with Crippen molar-refractivity contribution >= 4 is 23.5 Å². The van der Waals surface area contributed by atoms with Gasteiger partial charge in [-0.25, -0.2) is 0 Å². The highest BCUT2D eigenvalue weighted by molar-refractivity contribution is 6.30. The van der Waals surface area contributed by atoms with E-state index in [-0.39, 0.29) is 24.5 Å². The number of benzene rings is 1. The van der Waals surface area contributed by atoms with Crippen LogP contribution in [0, 0.1) is 5.92 Å². The predicted molar refractivity (Wildman–Crippen MR) is 78.5 cm³/mol. The van der Waals surface area contributed by atoms with Crippen LogP contribution in [0.4, 0.5) is 0 Å². The molecule has 114 valence electrons. The van der Waals surface area contributed by atoms with Gasteiger partial charge in [-0.05, 0) is 43.9 Å². The largest absolute Gasteiger partial charge is 0.484 e. The van der Waals surface area contributed by atoms with Gasteiger partial charge in [0.15, 0.2) is 6.61 Å². The van der Waals surface area contributed by atoms with E-state index in [0.717, 1.165) is 0 Å². The Balaban J connectivity index is 1.72. The van der Waals surface area contributed by atoms with Gasteiger partial charge in [0.1, 0.15) is 5.75 Å². The lowest BCUT2D eigenvalue weighted by Crippen LogP contribution is -2.40. The fraction of sp³-hybridized carbons (Fsp3) is 0.467. The highest BCUT2D eigenvalue weighted by Crippen LogP contribution is 2.24. The molecule has 6 heteroatoms. The summed E-state index contributed by atoms with van der Waals surface area (Å²) in [6.07, 6.45) is 2.60. The van der Waals surface area contributed by atoms with Gasteiger partial charge in [0, 0.05) is 11.1 Å². The number of rotatable bonds is 5. The van der Waals surface area contributed by atoms with Gasteiger partial charge in [0.05, 0.1) is 5.92 Å². The molecule has 2 rings (SSSR count). The molecule has 1 aromatic rings. The Morgan fingerprint density at radius 1 is 1.29 bits per heavy atom. The molecule has 0 saturated heterocycles. The molecular formula is C15H18ClNO4. The first kappa shape index (κ1) is 15.6. The molecule has 2 N–H and O–H groups in total. The molecule has 5 nitrogen and oxygen atoms in total. The normalized spacial score (nSPS) is 21.6. The second-order valence-electron chi connectivity index (χ2n) is 5.20. The van der Waals surface area contributed by atoms with Crippen LogP contribution >= 0.6 is 11.6 Å². The zero-order valence-electron chi connectivity index (χ0n) is 11.5. The lowest BCUT2D eigenvalue weighted by molar-refractivity contribution is -0.142. The van der Waals surface area contributed by atoms with Gasteiger partial charge in [0.25, 0.3) is 5.91 Å². The number of amides is 1. The lowest BCUT2D eigenvalue weighted by atomic mass is 9.86. The van der Waals surface area contributed by atoms with Crippen molar-refractivity contribution < 1.29 is 19.4 Å². The third-order valence-electron chi connectivity index (χ3n) is 3.61. The number of carbonyl (C=O) groups is 2. The maximum atomic E-state index is 11.8. The average molecular weight is 312 g/mol. The molecule has 0 radical (unpaired) electrons. The molecule has 0 unspecified atom stereocenters. The minimum atomic E-state index is -0.746. The number of hydrogen-bond donors (Lipinski definition) is 2. The summed E-state index contributed by atoms with van der Waals surface area (Å²) in [6.45, 7) is -0.0702. The minimum Gasteiger partial charge on any atom is -0.484 e. The number of aliphatic carboxylic acids is 1. The number of carboxylic acids is 1. The summed E-state index contributed by atoms with van der Waals surface area (Å²) < 4.78 is 5.36. The molecule has 0 aromatic heterocycles. The standard InChI is InChI=1S/C15H18ClNO4/c16-11-2-1-3-13(8-11)21-9-14(18)17-12-6-4-10(5-7-12)15(19)20/h1-3,8,10,12H,4-7,9H2,(H,17,18)(H,19,20). The van der Waals surface area contributed by atoms with Crippen LogP contribution in [0.5, 0.6) is 5.75 Å². The summed E-state index contributed by atoms with van der Waals surface area (Å²) in [7, 11) is 0. The van der Waals surface area contributed by atoms with Crippen LogP contribution in [0.25, 0.3) is 0 Å². The minimum absolute atomic E-state index is 0.0380. The molecule has 1 saturated carbocycles. The molecule has 0 spiro atoms. The van der Waals surface area contributed by atoms with Crippen molar-refractivity contribution in [3.8, 4) is 5.75 Å². The number of ether oxygens (including phenoxy) is 1. The predicted octanol–water partition coefficient (Wildman–Crippen LogP) is 2.48. The zero-order valence-corrected chi connectivity index (χ0v) is 12.3. The van der Waals surface area contributed by atoms with E-state index in [1.54, 1.807) is 24.3 Å². The van der Waals surface area contributed by atoms with E-state index >= 15 is 0 Å². The van der Waals surface area contributed by atoms with E-state index in [1.807, 2.05) is 0 Å². The Morgan fingerprint density at radius 3 is 2.62 bits per heavy atom. The smallest absolute Gasteiger partial charge is 0.306 e. The molecule has 21 heavy (non-hydrogen) atoms. The highest BCUT2D eigenvalue weighted by atomic mass is 35.5. The summed E-state index contributed by atoms with van der Waals surface area (Å²) in [5.74, 6) is -0.675. The van der Waals surface area contributed by atoms with E-state index in [0.29, 0.717) is 36.5 Å². The van der Waals surface area contributed by atoms with Gasteiger partial charge in [-0.3, -0.25) is 9.59 Å². The highest BCUT2D eigenvalue weighted by Gasteiger charge is 2.26. The first-order valence-electron chi connectivity index (χ1n) is 6.95. The second kappa shape index (κ2) is 7.31. The van der Waals surface area contributed by atoms with Crippen LogP contribution in [0.1, 0.15) is 25.7 Å². The molecule has 0 bridgehead atoms. The van der Waals surface area contributed by atoms with E-state index in [4.69, 9.17) is 21.4 Å². The van der Waals surface area contributed by atoms with Crippen LogP contribution in [-0.4, -0.2) is 29.6 Å². The Labute approximate surface area is 128 Å². The molecule has 0 aliphatic heterocycles. The summed E-state index contributed by atoms with van der Waals surface area (Å²) in [5, 5.41) is 12.3. The molecule has 1 aliphatic rings. The van der Waals surface area contributed by atoms with Crippen LogP contribution in [0.2, 0.25) is 5.02 Å². The summed E-state index contributed by atoms with van der Waals surface area (Å²) >= 11 is 5.83. The van der Waals surface area contributed by atoms with Gasteiger partial charge >= 0.3 is 5.97 Å². The molecule has 1 fully saturated rings. The maximum absolute atomic E-state index is 11.8. The third kappa shape index (κ3) is 4.93. The van der Waals surface area contributed by atoms with Gasteiger partial charge in [-0.15, -0.1) is 0 Å². The number of carbonyl (C=O) groups excluding carboxylic acids is 1. The Morgan fingerprint density at radius 2 is 2.00 bits per heavy atom. The van der Waals surface area contributed by atoms with Gasteiger partial charge in [0.2, 0.25) is 0 Å². The van der Waals surface area contributed by atoms with Crippen molar-refractivity contribution in [2.75, 3.05) is 6.61 Å². The average Bonchev–Trinajstić information content (AvgIpc) is 2.46. The third-order valence-corrected chi connectivity index (χ3v) is 3.84. The van der Waals surface area contributed by atoms with E-state index in [9.17, 15) is 9.59 Å². The van der Waals surface area contributed by atoms with Crippen LogP contribution < -0.4 is 10.1 Å². The molecular weight excluding hydrogens is 294 g/mol.